The molecule has 0 bridgehead atoms. The fourth-order valence-corrected chi connectivity index (χ4v) is 2.40. The lowest BCUT2D eigenvalue weighted by atomic mass is 10.1. The van der Waals surface area contributed by atoms with Gasteiger partial charge in [-0.25, -0.2) is 9.97 Å². The van der Waals surface area contributed by atoms with E-state index in [1.807, 2.05) is 24.0 Å². The third-order valence-electron chi connectivity index (χ3n) is 3.17. The zero-order valence-electron chi connectivity index (χ0n) is 9.82. The van der Waals surface area contributed by atoms with Gasteiger partial charge in [0.05, 0.1) is 12.2 Å². The van der Waals surface area contributed by atoms with Gasteiger partial charge in [0.25, 0.3) is 0 Å². The zero-order chi connectivity index (χ0) is 11.7. The molecule has 88 valence electrons. The highest BCUT2D eigenvalue weighted by Gasteiger charge is 2.28. The summed E-state index contributed by atoms with van der Waals surface area (Å²) in [7, 11) is 1.95. The van der Waals surface area contributed by atoms with E-state index < -0.39 is 0 Å². The van der Waals surface area contributed by atoms with Gasteiger partial charge in [0.1, 0.15) is 0 Å². The molecule has 0 aromatic carbocycles. The number of nitrogens with zero attached hydrogens (tertiary/aromatic N) is 5. The lowest BCUT2D eigenvalue weighted by Crippen LogP contribution is -2.24. The molecule has 0 amide bonds. The van der Waals surface area contributed by atoms with Crippen LogP contribution in [0.5, 0.6) is 0 Å². The summed E-state index contributed by atoms with van der Waals surface area (Å²) in [6, 6.07) is 2.21. The first kappa shape index (κ1) is 10.3. The molecule has 0 saturated carbocycles. The van der Waals surface area contributed by atoms with Crippen LogP contribution >= 0.6 is 0 Å². The Kier molecular flexibility index (Phi) is 2.51. The maximum Gasteiger partial charge on any atom is 0.225 e. The first-order valence-corrected chi connectivity index (χ1v) is 5.87. The quantitative estimate of drug-likeness (QED) is 0.784. The normalized spacial score (nSPS) is 19.8. The molecule has 17 heavy (non-hydrogen) atoms. The Balaban J connectivity index is 1.90. The molecule has 2 aromatic rings. The second-order valence-corrected chi connectivity index (χ2v) is 4.35. The molecule has 0 aliphatic carbocycles. The van der Waals surface area contributed by atoms with Gasteiger partial charge in [-0.2, -0.15) is 5.10 Å². The fraction of sp³-hybridized carbons (Fsp3) is 0.417. The smallest absolute Gasteiger partial charge is 0.225 e. The molecule has 5 heteroatoms. The van der Waals surface area contributed by atoms with Crippen molar-refractivity contribution >= 4 is 5.95 Å². The Labute approximate surface area is 100 Å². The predicted molar refractivity (Wildman–Crippen MR) is 64.6 cm³/mol. The SMILES string of the molecule is Cn1cc(C2CCCN2c2ncccn2)cn1. The van der Waals surface area contributed by atoms with Gasteiger partial charge in [-0.15, -0.1) is 0 Å². The zero-order valence-corrected chi connectivity index (χ0v) is 9.82. The summed E-state index contributed by atoms with van der Waals surface area (Å²) in [6.07, 6.45) is 9.92. The van der Waals surface area contributed by atoms with Crippen molar-refractivity contribution in [3.63, 3.8) is 0 Å². The van der Waals surface area contributed by atoms with E-state index >= 15 is 0 Å². The van der Waals surface area contributed by atoms with Gasteiger partial charge in [0.15, 0.2) is 0 Å². The largest absolute Gasteiger partial charge is 0.334 e. The van der Waals surface area contributed by atoms with Crippen LogP contribution in [0.1, 0.15) is 24.4 Å². The molecule has 0 radical (unpaired) electrons. The number of aryl methyl sites for hydroxylation is 1. The molecule has 1 unspecified atom stereocenters. The lowest BCUT2D eigenvalue weighted by molar-refractivity contribution is 0.699. The van der Waals surface area contributed by atoms with Crippen LogP contribution in [0.25, 0.3) is 0 Å². The Morgan fingerprint density at radius 2 is 2.12 bits per heavy atom. The van der Waals surface area contributed by atoms with Gasteiger partial charge in [0, 0.05) is 37.7 Å². The van der Waals surface area contributed by atoms with Crippen molar-refractivity contribution in [3.05, 3.63) is 36.4 Å². The van der Waals surface area contributed by atoms with Crippen molar-refractivity contribution in [1.82, 2.24) is 19.7 Å². The maximum absolute atomic E-state index is 4.33. The average Bonchev–Trinajstić information content (AvgIpc) is 2.98. The monoisotopic (exact) mass is 229 g/mol. The summed E-state index contributed by atoms with van der Waals surface area (Å²) in [5.74, 6) is 0.818. The van der Waals surface area contributed by atoms with Crippen molar-refractivity contribution in [2.45, 2.75) is 18.9 Å². The Bertz CT molecular complexity index is 493. The minimum Gasteiger partial charge on any atom is -0.334 e. The number of hydrogen-bond donors (Lipinski definition) is 0. The minimum absolute atomic E-state index is 0.367. The van der Waals surface area contributed by atoms with E-state index in [0.717, 1.165) is 18.9 Å². The van der Waals surface area contributed by atoms with E-state index in [0.29, 0.717) is 6.04 Å². The van der Waals surface area contributed by atoms with Crippen molar-refractivity contribution in [2.75, 3.05) is 11.4 Å². The highest BCUT2D eigenvalue weighted by molar-refractivity contribution is 5.36. The summed E-state index contributed by atoms with van der Waals surface area (Å²) in [6.45, 7) is 1.02. The molecule has 5 nitrogen and oxygen atoms in total. The maximum atomic E-state index is 4.33. The van der Waals surface area contributed by atoms with E-state index in [1.165, 1.54) is 12.0 Å². The number of anilines is 1. The van der Waals surface area contributed by atoms with Crippen LogP contribution in [-0.4, -0.2) is 26.3 Å². The molecule has 0 N–H and O–H groups in total. The van der Waals surface area contributed by atoms with Crippen LogP contribution in [0.15, 0.2) is 30.9 Å². The minimum atomic E-state index is 0.367. The van der Waals surface area contributed by atoms with E-state index in [4.69, 9.17) is 0 Å². The van der Waals surface area contributed by atoms with Crippen molar-refractivity contribution < 1.29 is 0 Å². The van der Waals surface area contributed by atoms with Gasteiger partial charge < -0.3 is 4.90 Å². The molecule has 1 aliphatic rings. The molecule has 2 aromatic heterocycles. The van der Waals surface area contributed by atoms with E-state index in [-0.39, 0.29) is 0 Å². The van der Waals surface area contributed by atoms with E-state index in [9.17, 15) is 0 Å². The van der Waals surface area contributed by atoms with Crippen molar-refractivity contribution in [2.24, 2.45) is 7.05 Å². The second kappa shape index (κ2) is 4.16. The van der Waals surface area contributed by atoms with Crippen LogP contribution < -0.4 is 4.90 Å². The number of rotatable bonds is 2. The van der Waals surface area contributed by atoms with Gasteiger partial charge in [-0.1, -0.05) is 0 Å². The summed E-state index contributed by atoms with van der Waals surface area (Å²) in [4.78, 5) is 10.9. The predicted octanol–water partition coefficient (Wildman–Crippen LogP) is 1.55. The second-order valence-electron chi connectivity index (χ2n) is 4.35. The molecule has 1 saturated heterocycles. The third-order valence-corrected chi connectivity index (χ3v) is 3.17. The van der Waals surface area contributed by atoms with Gasteiger partial charge >= 0.3 is 0 Å². The summed E-state index contributed by atoms with van der Waals surface area (Å²) in [5, 5.41) is 4.24. The summed E-state index contributed by atoms with van der Waals surface area (Å²) < 4.78 is 1.84. The first-order valence-electron chi connectivity index (χ1n) is 5.87. The van der Waals surface area contributed by atoms with E-state index in [1.54, 1.807) is 12.4 Å². The van der Waals surface area contributed by atoms with Crippen LogP contribution in [0.2, 0.25) is 0 Å². The third kappa shape index (κ3) is 1.88. The van der Waals surface area contributed by atoms with E-state index in [2.05, 4.69) is 26.2 Å². The summed E-state index contributed by atoms with van der Waals surface area (Å²) >= 11 is 0. The van der Waals surface area contributed by atoms with Crippen LogP contribution in [-0.2, 0) is 7.05 Å². The fourth-order valence-electron chi connectivity index (χ4n) is 2.40. The summed E-state index contributed by atoms with van der Waals surface area (Å²) in [5.41, 5.74) is 1.25. The first-order chi connectivity index (χ1) is 8.34. The van der Waals surface area contributed by atoms with Gasteiger partial charge in [0.2, 0.25) is 5.95 Å². The average molecular weight is 229 g/mol. The van der Waals surface area contributed by atoms with Gasteiger partial charge in [-0.3, -0.25) is 4.68 Å². The van der Waals surface area contributed by atoms with Gasteiger partial charge in [-0.05, 0) is 18.9 Å². The molecule has 0 spiro atoms. The molecule has 1 fully saturated rings. The topological polar surface area (TPSA) is 46.8 Å². The molecule has 1 atom stereocenters. The Morgan fingerprint density at radius 1 is 1.29 bits per heavy atom. The van der Waals surface area contributed by atoms with Crippen LogP contribution in [0.4, 0.5) is 5.95 Å². The molecule has 3 rings (SSSR count). The van der Waals surface area contributed by atoms with Crippen molar-refractivity contribution in [1.29, 1.82) is 0 Å². The molecular formula is C12H15N5. The van der Waals surface area contributed by atoms with Crippen LogP contribution in [0.3, 0.4) is 0 Å². The molecule has 3 heterocycles. The van der Waals surface area contributed by atoms with Crippen LogP contribution in [0, 0.1) is 0 Å². The lowest BCUT2D eigenvalue weighted by Gasteiger charge is -2.23. The Morgan fingerprint density at radius 3 is 2.82 bits per heavy atom. The standard InChI is InChI=1S/C12H15N5/c1-16-9-10(8-15-16)11-4-2-7-17(11)12-13-5-3-6-14-12/h3,5-6,8-9,11H,2,4,7H2,1H3. The molecular weight excluding hydrogens is 214 g/mol. The molecule has 1 aliphatic heterocycles. The number of hydrogen-bond acceptors (Lipinski definition) is 4. The highest BCUT2D eigenvalue weighted by atomic mass is 15.3. The Hall–Kier alpha value is -1.91. The van der Waals surface area contributed by atoms with Crippen molar-refractivity contribution in [3.8, 4) is 0 Å². The highest BCUT2D eigenvalue weighted by Crippen LogP contribution is 2.33. The number of aromatic nitrogens is 4.